The highest BCUT2D eigenvalue weighted by Crippen LogP contribution is 2.23. The minimum Gasteiger partial charge on any atom is -0.376 e. The number of hydrogen-bond acceptors (Lipinski definition) is 2. The van der Waals surface area contributed by atoms with Crippen LogP contribution in [0.4, 0.5) is 11.4 Å². The predicted molar refractivity (Wildman–Crippen MR) is 96.5 cm³/mol. The Labute approximate surface area is 140 Å². The third kappa shape index (κ3) is 4.34. The van der Waals surface area contributed by atoms with Crippen LogP contribution in [-0.4, -0.2) is 12.5 Å². The van der Waals surface area contributed by atoms with Crippen molar-refractivity contribution in [3.05, 3.63) is 58.1 Å². The Kier molecular flexibility index (Phi) is 5.61. The molecule has 0 aliphatic heterocycles. The van der Waals surface area contributed by atoms with Crippen LogP contribution in [0.5, 0.6) is 0 Å². The maximum atomic E-state index is 12.1. The lowest BCUT2D eigenvalue weighted by Gasteiger charge is -2.14. The normalized spacial score (nSPS) is 10.6. The van der Waals surface area contributed by atoms with Crippen LogP contribution >= 0.6 is 15.9 Å². The number of carbonyl (C=O) groups is 1. The molecule has 0 aliphatic carbocycles. The zero-order chi connectivity index (χ0) is 16.1. The number of rotatable bonds is 5. The second-order valence-corrected chi connectivity index (χ2v) is 6.46. The zero-order valence-corrected chi connectivity index (χ0v) is 14.7. The van der Waals surface area contributed by atoms with Gasteiger partial charge in [0.05, 0.1) is 6.54 Å². The molecule has 2 N–H and O–H groups in total. The van der Waals surface area contributed by atoms with Crippen molar-refractivity contribution in [2.75, 3.05) is 17.2 Å². The number of carbonyl (C=O) groups excluding carboxylic acids is 1. The van der Waals surface area contributed by atoms with Gasteiger partial charge in [-0.05, 0) is 48.2 Å². The molecule has 2 aromatic rings. The molecule has 0 unspecified atom stereocenters. The minimum absolute atomic E-state index is 0.0475. The van der Waals surface area contributed by atoms with Crippen LogP contribution in [0.15, 0.2) is 46.9 Å². The monoisotopic (exact) mass is 360 g/mol. The van der Waals surface area contributed by atoms with Crippen molar-refractivity contribution in [3.8, 4) is 0 Å². The van der Waals surface area contributed by atoms with E-state index in [0.29, 0.717) is 5.92 Å². The molecular weight excluding hydrogens is 340 g/mol. The fourth-order valence-electron chi connectivity index (χ4n) is 2.25. The molecule has 2 rings (SSSR count). The van der Waals surface area contributed by atoms with Crippen LogP contribution in [0.25, 0.3) is 0 Å². The Morgan fingerprint density at radius 1 is 1.18 bits per heavy atom. The fourth-order valence-corrected chi connectivity index (χ4v) is 2.49. The third-order valence-corrected chi connectivity index (χ3v) is 4.36. The molecule has 0 fully saturated rings. The smallest absolute Gasteiger partial charge is 0.243 e. The van der Waals surface area contributed by atoms with Gasteiger partial charge < -0.3 is 10.6 Å². The zero-order valence-electron chi connectivity index (χ0n) is 13.1. The van der Waals surface area contributed by atoms with E-state index in [1.807, 2.05) is 49.4 Å². The van der Waals surface area contributed by atoms with E-state index >= 15 is 0 Å². The summed E-state index contributed by atoms with van der Waals surface area (Å²) in [5.41, 5.74) is 4.11. The molecule has 0 saturated carbocycles. The third-order valence-electron chi connectivity index (χ3n) is 3.47. The molecule has 0 spiro atoms. The molecule has 0 aliphatic rings. The summed E-state index contributed by atoms with van der Waals surface area (Å²) < 4.78 is 1.06. The highest BCUT2D eigenvalue weighted by atomic mass is 79.9. The number of benzene rings is 2. The second-order valence-electron chi connectivity index (χ2n) is 5.61. The van der Waals surface area contributed by atoms with Gasteiger partial charge in [0.1, 0.15) is 0 Å². The average molecular weight is 361 g/mol. The predicted octanol–water partition coefficient (Wildman–Crippen LogP) is 4.93. The maximum Gasteiger partial charge on any atom is 0.243 e. The number of para-hydroxylation sites is 1. The topological polar surface area (TPSA) is 41.1 Å². The molecule has 1 amide bonds. The summed E-state index contributed by atoms with van der Waals surface area (Å²) in [4.78, 5) is 12.1. The first kappa shape index (κ1) is 16.6. The summed E-state index contributed by atoms with van der Waals surface area (Å²) in [6.07, 6.45) is 0. The van der Waals surface area contributed by atoms with Crippen molar-refractivity contribution in [1.82, 2.24) is 0 Å². The summed E-state index contributed by atoms with van der Waals surface area (Å²) >= 11 is 3.47. The van der Waals surface area contributed by atoms with Crippen molar-refractivity contribution in [2.45, 2.75) is 26.7 Å². The van der Waals surface area contributed by atoms with Gasteiger partial charge in [0.15, 0.2) is 0 Å². The lowest BCUT2D eigenvalue weighted by molar-refractivity contribution is -0.114. The molecule has 0 aromatic heterocycles. The number of anilines is 2. The number of halogens is 1. The van der Waals surface area contributed by atoms with Crippen molar-refractivity contribution >= 4 is 33.2 Å². The largest absolute Gasteiger partial charge is 0.376 e. The first-order valence-corrected chi connectivity index (χ1v) is 8.15. The molecule has 0 saturated heterocycles. The molecular formula is C18H21BrN2O. The molecule has 0 radical (unpaired) electrons. The Morgan fingerprint density at radius 3 is 2.59 bits per heavy atom. The summed E-state index contributed by atoms with van der Waals surface area (Å²) in [6.45, 7) is 6.50. The second kappa shape index (κ2) is 7.45. The fraction of sp³-hybridized carbons (Fsp3) is 0.278. The molecule has 116 valence electrons. The average Bonchev–Trinajstić information content (AvgIpc) is 2.49. The van der Waals surface area contributed by atoms with E-state index in [-0.39, 0.29) is 12.5 Å². The standard InChI is InChI=1S/C18H21BrN2O/c1-12(2)15-6-4-5-7-17(15)21-18(22)11-20-14-8-9-16(19)13(3)10-14/h4-10,12,20H,11H2,1-3H3,(H,21,22). The van der Waals surface area contributed by atoms with Crippen LogP contribution in [0.1, 0.15) is 30.9 Å². The Hall–Kier alpha value is -1.81. The van der Waals surface area contributed by atoms with Gasteiger partial charge in [-0.2, -0.15) is 0 Å². The van der Waals surface area contributed by atoms with Crippen molar-refractivity contribution in [1.29, 1.82) is 0 Å². The number of aryl methyl sites for hydroxylation is 1. The highest BCUT2D eigenvalue weighted by Gasteiger charge is 2.09. The Morgan fingerprint density at radius 2 is 1.91 bits per heavy atom. The Bertz CT molecular complexity index is 668. The van der Waals surface area contributed by atoms with E-state index < -0.39 is 0 Å². The van der Waals surface area contributed by atoms with E-state index in [1.165, 1.54) is 0 Å². The van der Waals surface area contributed by atoms with Gasteiger partial charge >= 0.3 is 0 Å². The van der Waals surface area contributed by atoms with Crippen molar-refractivity contribution < 1.29 is 4.79 Å². The van der Waals surface area contributed by atoms with Gasteiger partial charge in [-0.15, -0.1) is 0 Å². The van der Waals surface area contributed by atoms with Crippen LogP contribution in [-0.2, 0) is 4.79 Å². The number of hydrogen-bond donors (Lipinski definition) is 2. The van der Waals surface area contributed by atoms with Gasteiger partial charge in [-0.25, -0.2) is 0 Å². The summed E-state index contributed by atoms with van der Waals surface area (Å²) in [7, 11) is 0. The SMILES string of the molecule is Cc1cc(NCC(=O)Nc2ccccc2C(C)C)ccc1Br. The van der Waals surface area contributed by atoms with E-state index in [2.05, 4.69) is 40.4 Å². The molecule has 0 bridgehead atoms. The van der Waals surface area contributed by atoms with E-state index in [0.717, 1.165) is 27.0 Å². The van der Waals surface area contributed by atoms with Crippen LogP contribution in [0.3, 0.4) is 0 Å². The van der Waals surface area contributed by atoms with E-state index in [1.54, 1.807) is 0 Å². The summed E-state index contributed by atoms with van der Waals surface area (Å²) in [5, 5.41) is 6.13. The van der Waals surface area contributed by atoms with E-state index in [4.69, 9.17) is 0 Å². The molecule has 2 aromatic carbocycles. The summed E-state index contributed by atoms with van der Waals surface area (Å²) in [6, 6.07) is 13.9. The quantitative estimate of drug-likeness (QED) is 0.793. The van der Waals surface area contributed by atoms with Gasteiger partial charge in [-0.1, -0.05) is 48.0 Å². The van der Waals surface area contributed by atoms with Crippen molar-refractivity contribution in [3.63, 3.8) is 0 Å². The first-order chi connectivity index (χ1) is 10.5. The summed E-state index contributed by atoms with van der Waals surface area (Å²) in [5.74, 6) is 0.326. The van der Waals surface area contributed by atoms with Gasteiger partial charge in [0, 0.05) is 15.8 Å². The first-order valence-electron chi connectivity index (χ1n) is 7.36. The van der Waals surface area contributed by atoms with Gasteiger partial charge in [0.25, 0.3) is 0 Å². The van der Waals surface area contributed by atoms with Crippen LogP contribution < -0.4 is 10.6 Å². The maximum absolute atomic E-state index is 12.1. The number of nitrogens with one attached hydrogen (secondary N) is 2. The molecule has 22 heavy (non-hydrogen) atoms. The van der Waals surface area contributed by atoms with Crippen LogP contribution in [0, 0.1) is 6.92 Å². The minimum atomic E-state index is -0.0475. The van der Waals surface area contributed by atoms with Gasteiger partial charge in [0.2, 0.25) is 5.91 Å². The molecule has 0 atom stereocenters. The van der Waals surface area contributed by atoms with E-state index in [9.17, 15) is 4.79 Å². The molecule has 3 nitrogen and oxygen atoms in total. The molecule has 0 heterocycles. The van der Waals surface area contributed by atoms with Crippen molar-refractivity contribution in [2.24, 2.45) is 0 Å². The van der Waals surface area contributed by atoms with Gasteiger partial charge in [-0.3, -0.25) is 4.79 Å². The van der Waals surface area contributed by atoms with Crippen LogP contribution in [0.2, 0.25) is 0 Å². The Balaban J connectivity index is 1.97. The molecule has 4 heteroatoms. The number of amides is 1. The lowest BCUT2D eigenvalue weighted by Crippen LogP contribution is -2.22. The lowest BCUT2D eigenvalue weighted by atomic mass is 10.0. The highest BCUT2D eigenvalue weighted by molar-refractivity contribution is 9.10.